The lowest BCUT2D eigenvalue weighted by atomic mass is 10.1. The lowest BCUT2D eigenvalue weighted by Crippen LogP contribution is -2.46. The highest BCUT2D eigenvalue weighted by atomic mass is 16.5. The van der Waals surface area contributed by atoms with Gasteiger partial charge in [-0.2, -0.15) is 0 Å². The van der Waals surface area contributed by atoms with Crippen LogP contribution in [0.25, 0.3) is 11.0 Å². The Balaban J connectivity index is 1.46. The van der Waals surface area contributed by atoms with Gasteiger partial charge >= 0.3 is 11.7 Å². The van der Waals surface area contributed by atoms with E-state index >= 15 is 0 Å². The molecule has 0 aliphatic carbocycles. The van der Waals surface area contributed by atoms with Crippen LogP contribution in [0.3, 0.4) is 0 Å². The van der Waals surface area contributed by atoms with Gasteiger partial charge in [0.25, 0.3) is 0 Å². The van der Waals surface area contributed by atoms with E-state index in [2.05, 4.69) is 33.9 Å². The summed E-state index contributed by atoms with van der Waals surface area (Å²) in [5, 5.41) is 3.49. The Morgan fingerprint density at radius 1 is 1.15 bits per heavy atom. The van der Waals surface area contributed by atoms with Crippen molar-refractivity contribution in [3.05, 3.63) is 57.8 Å². The van der Waals surface area contributed by atoms with Gasteiger partial charge in [-0.05, 0) is 31.5 Å². The summed E-state index contributed by atoms with van der Waals surface area (Å²) in [6, 6.07) is 8.89. The summed E-state index contributed by atoms with van der Waals surface area (Å²) < 4.78 is 10.3. The van der Waals surface area contributed by atoms with Gasteiger partial charge in [-0.1, -0.05) is 13.8 Å². The quantitative estimate of drug-likeness (QED) is 0.547. The zero-order valence-electron chi connectivity index (χ0n) is 20.1. The molecule has 9 nitrogen and oxygen atoms in total. The minimum Gasteiger partial charge on any atom is -0.450 e. The van der Waals surface area contributed by atoms with Crippen LogP contribution in [0.1, 0.15) is 43.8 Å². The van der Waals surface area contributed by atoms with Crippen LogP contribution < -0.4 is 15.8 Å². The van der Waals surface area contributed by atoms with Gasteiger partial charge in [-0.3, -0.25) is 10.2 Å². The van der Waals surface area contributed by atoms with Crippen LogP contribution in [0.15, 0.2) is 39.5 Å². The Labute approximate surface area is 198 Å². The third-order valence-electron chi connectivity index (χ3n) is 5.82. The number of piperazine rings is 1. The first-order valence-electron chi connectivity index (χ1n) is 11.7. The first-order valence-corrected chi connectivity index (χ1v) is 11.7. The molecule has 2 aromatic heterocycles. The lowest BCUT2D eigenvalue weighted by Gasteiger charge is -2.35. The summed E-state index contributed by atoms with van der Waals surface area (Å²) in [5.41, 5.74) is 2.43. The Morgan fingerprint density at radius 3 is 2.62 bits per heavy atom. The van der Waals surface area contributed by atoms with Crippen molar-refractivity contribution < 1.29 is 13.9 Å². The van der Waals surface area contributed by atoms with Gasteiger partial charge in [0.1, 0.15) is 17.2 Å². The second-order valence-corrected chi connectivity index (χ2v) is 8.79. The van der Waals surface area contributed by atoms with E-state index < -0.39 is 11.7 Å². The van der Waals surface area contributed by atoms with Crippen LogP contribution in [0, 0.1) is 6.92 Å². The molecule has 0 spiro atoms. The second-order valence-electron chi connectivity index (χ2n) is 8.79. The van der Waals surface area contributed by atoms with Crippen LogP contribution >= 0.6 is 0 Å². The van der Waals surface area contributed by atoms with E-state index in [0.717, 1.165) is 54.5 Å². The van der Waals surface area contributed by atoms with Crippen molar-refractivity contribution in [1.82, 2.24) is 14.9 Å². The first kappa shape index (κ1) is 23.7. The van der Waals surface area contributed by atoms with Crippen molar-refractivity contribution in [2.24, 2.45) is 0 Å². The SMILES string of the molecule is CCOC(=O)Nc1ccc2c(CN3CCN(c4cc(C)nc(C(C)C)n4)CC3)cc(=O)oc2c1. The van der Waals surface area contributed by atoms with Crippen LogP contribution in [0.4, 0.5) is 16.3 Å². The van der Waals surface area contributed by atoms with E-state index in [0.29, 0.717) is 17.8 Å². The van der Waals surface area contributed by atoms with Crippen LogP contribution in [-0.2, 0) is 11.3 Å². The molecule has 0 bridgehead atoms. The maximum Gasteiger partial charge on any atom is 0.411 e. The number of ether oxygens (including phenoxy) is 1. The molecule has 9 heteroatoms. The van der Waals surface area contributed by atoms with Gasteiger partial charge < -0.3 is 14.1 Å². The number of nitrogens with zero attached hydrogens (tertiary/aromatic N) is 4. The average molecular weight is 466 g/mol. The van der Waals surface area contributed by atoms with E-state index in [-0.39, 0.29) is 12.5 Å². The fraction of sp³-hybridized carbons (Fsp3) is 0.440. The summed E-state index contributed by atoms with van der Waals surface area (Å²) in [6.45, 7) is 12.3. The van der Waals surface area contributed by atoms with Crippen LogP contribution in [0.2, 0.25) is 0 Å². The number of aromatic nitrogens is 2. The van der Waals surface area contributed by atoms with E-state index in [1.165, 1.54) is 0 Å². The second kappa shape index (κ2) is 10.2. The van der Waals surface area contributed by atoms with Crippen molar-refractivity contribution in [3.8, 4) is 0 Å². The molecule has 1 aliphatic heterocycles. The highest BCUT2D eigenvalue weighted by molar-refractivity contribution is 5.89. The molecular formula is C25H31N5O4. The number of amides is 1. The maximum absolute atomic E-state index is 12.2. The third-order valence-corrected chi connectivity index (χ3v) is 5.82. The molecule has 0 radical (unpaired) electrons. The number of rotatable bonds is 6. The molecule has 180 valence electrons. The number of hydrogen-bond acceptors (Lipinski definition) is 8. The number of benzene rings is 1. The topological polar surface area (TPSA) is 101 Å². The van der Waals surface area contributed by atoms with Crippen molar-refractivity contribution in [2.75, 3.05) is 43.0 Å². The molecule has 1 aliphatic rings. The summed E-state index contributed by atoms with van der Waals surface area (Å²) in [6.07, 6.45) is -0.544. The highest BCUT2D eigenvalue weighted by Crippen LogP contribution is 2.24. The summed E-state index contributed by atoms with van der Waals surface area (Å²) in [7, 11) is 0. The fourth-order valence-corrected chi connectivity index (χ4v) is 4.09. The first-order chi connectivity index (χ1) is 16.3. The highest BCUT2D eigenvalue weighted by Gasteiger charge is 2.21. The van der Waals surface area contributed by atoms with Crippen molar-refractivity contribution >= 4 is 28.6 Å². The molecule has 3 heterocycles. The average Bonchev–Trinajstić information content (AvgIpc) is 2.79. The van der Waals surface area contributed by atoms with E-state index in [9.17, 15) is 9.59 Å². The molecule has 1 N–H and O–H groups in total. The van der Waals surface area contributed by atoms with Crippen LogP contribution in [0.5, 0.6) is 0 Å². The van der Waals surface area contributed by atoms with E-state index in [1.54, 1.807) is 25.1 Å². The normalized spacial score (nSPS) is 14.6. The zero-order valence-corrected chi connectivity index (χ0v) is 20.1. The Morgan fingerprint density at radius 2 is 1.91 bits per heavy atom. The van der Waals surface area contributed by atoms with E-state index in [4.69, 9.17) is 14.1 Å². The molecule has 1 saturated heterocycles. The molecular weight excluding hydrogens is 434 g/mol. The number of anilines is 2. The Bertz CT molecular complexity index is 1230. The molecule has 1 fully saturated rings. The Hall–Kier alpha value is -3.46. The van der Waals surface area contributed by atoms with Gasteiger partial charge in [-0.25, -0.2) is 19.6 Å². The van der Waals surface area contributed by atoms with Gasteiger partial charge in [-0.15, -0.1) is 0 Å². The minimum absolute atomic E-state index is 0.279. The molecule has 0 atom stereocenters. The summed E-state index contributed by atoms with van der Waals surface area (Å²) >= 11 is 0. The third kappa shape index (κ3) is 5.53. The fourth-order valence-electron chi connectivity index (χ4n) is 4.09. The van der Waals surface area contributed by atoms with Gasteiger partial charge in [0, 0.05) is 73.6 Å². The smallest absolute Gasteiger partial charge is 0.411 e. The minimum atomic E-state index is -0.544. The number of carbonyl (C=O) groups excluding carboxylic acids is 1. The van der Waals surface area contributed by atoms with Crippen molar-refractivity contribution in [3.63, 3.8) is 0 Å². The standard InChI is InChI=1S/C25H31N5O4/c1-5-33-25(32)27-19-6-7-20-18(13-23(31)34-21(20)14-19)15-29-8-10-30(11-9-29)22-12-17(4)26-24(28-22)16(2)3/h6-7,12-14,16H,5,8-11,15H2,1-4H3,(H,27,32). The zero-order chi connectivity index (χ0) is 24.2. The van der Waals surface area contributed by atoms with Crippen molar-refractivity contribution in [1.29, 1.82) is 0 Å². The summed E-state index contributed by atoms with van der Waals surface area (Å²) in [5.74, 6) is 2.13. The lowest BCUT2D eigenvalue weighted by molar-refractivity contribution is 0.168. The van der Waals surface area contributed by atoms with Gasteiger partial charge in [0.2, 0.25) is 0 Å². The van der Waals surface area contributed by atoms with Gasteiger partial charge in [0.05, 0.1) is 6.61 Å². The number of hydrogen-bond donors (Lipinski definition) is 1. The number of carbonyl (C=O) groups is 1. The molecule has 0 unspecified atom stereocenters. The molecule has 34 heavy (non-hydrogen) atoms. The van der Waals surface area contributed by atoms with Crippen LogP contribution in [-0.4, -0.2) is 53.7 Å². The molecule has 4 rings (SSSR count). The van der Waals surface area contributed by atoms with Gasteiger partial charge in [0.15, 0.2) is 0 Å². The monoisotopic (exact) mass is 465 g/mol. The number of aryl methyl sites for hydroxylation is 1. The maximum atomic E-state index is 12.2. The van der Waals surface area contributed by atoms with Crippen molar-refractivity contribution in [2.45, 2.75) is 40.2 Å². The predicted octanol–water partition coefficient (Wildman–Crippen LogP) is 3.91. The molecule has 1 amide bonds. The molecule has 0 saturated carbocycles. The predicted molar refractivity (Wildman–Crippen MR) is 131 cm³/mol. The number of fused-ring (bicyclic) bond motifs is 1. The largest absolute Gasteiger partial charge is 0.450 e. The van der Waals surface area contributed by atoms with E-state index in [1.807, 2.05) is 19.1 Å². The number of nitrogens with one attached hydrogen (secondary N) is 1. The Kier molecular flexibility index (Phi) is 7.12. The molecule has 3 aromatic rings. The summed E-state index contributed by atoms with van der Waals surface area (Å²) in [4.78, 5) is 37.9. The molecule has 1 aromatic carbocycles.